The van der Waals surface area contributed by atoms with Gasteiger partial charge in [-0.05, 0) is 80.7 Å². The van der Waals surface area contributed by atoms with Crippen LogP contribution in [0, 0.1) is 19.7 Å². The van der Waals surface area contributed by atoms with E-state index in [1.807, 2.05) is 13.0 Å². The summed E-state index contributed by atoms with van der Waals surface area (Å²) >= 11 is 0. The lowest BCUT2D eigenvalue weighted by Gasteiger charge is -2.31. The van der Waals surface area contributed by atoms with Crippen LogP contribution in [0.5, 0.6) is 0 Å². The van der Waals surface area contributed by atoms with Crippen LogP contribution in [0.15, 0.2) is 64.9 Å². The van der Waals surface area contributed by atoms with Gasteiger partial charge in [0, 0.05) is 30.5 Å². The average Bonchev–Trinajstić information content (AvgIpc) is 2.90. The van der Waals surface area contributed by atoms with Crippen LogP contribution in [0.3, 0.4) is 0 Å². The molecule has 5 rings (SSSR count). The number of hydrogen-bond acceptors (Lipinski definition) is 5. The molecule has 10 heteroatoms. The molecule has 2 aliphatic rings. The minimum Gasteiger partial charge on any atom is -0.372 e. The van der Waals surface area contributed by atoms with E-state index < -0.39 is 17.3 Å². The molecule has 3 aromatic rings. The highest BCUT2D eigenvalue weighted by Gasteiger charge is 2.37. The summed E-state index contributed by atoms with van der Waals surface area (Å²) < 4.78 is 57.4. The van der Waals surface area contributed by atoms with Gasteiger partial charge in [0.15, 0.2) is 0 Å². The van der Waals surface area contributed by atoms with Gasteiger partial charge in [-0.2, -0.15) is 18.3 Å². The second-order valence-corrected chi connectivity index (χ2v) is 10.7. The zero-order valence-corrected chi connectivity index (χ0v) is 22.7. The van der Waals surface area contributed by atoms with Crippen molar-refractivity contribution in [3.63, 3.8) is 0 Å². The number of halogens is 4. The Hall–Kier alpha value is -3.82. The van der Waals surface area contributed by atoms with Gasteiger partial charge in [0.1, 0.15) is 17.8 Å². The van der Waals surface area contributed by atoms with Gasteiger partial charge < -0.3 is 4.90 Å². The summed E-state index contributed by atoms with van der Waals surface area (Å²) in [7, 11) is 1.57. The smallest absolute Gasteiger partial charge is 0.372 e. The van der Waals surface area contributed by atoms with Gasteiger partial charge in [0.25, 0.3) is 5.56 Å². The van der Waals surface area contributed by atoms with E-state index in [2.05, 4.69) is 15.1 Å². The van der Waals surface area contributed by atoms with Crippen molar-refractivity contribution in [2.75, 3.05) is 13.6 Å². The zero-order valence-electron chi connectivity index (χ0n) is 22.7. The SMILES string of the molecule is Cc1cc(-c2cc(C3CCC(c4c(C)cccc4F)CC3)c(=O)n(CC3=C(C(F)(F)F)C=CCN3C)n2)ncn1. The molecule has 2 aromatic heterocycles. The molecule has 0 atom stereocenters. The Balaban J connectivity index is 1.54. The molecule has 1 aliphatic carbocycles. The molecule has 0 spiro atoms. The highest BCUT2D eigenvalue weighted by molar-refractivity contribution is 5.54. The highest BCUT2D eigenvalue weighted by atomic mass is 19.4. The Kier molecular flexibility index (Phi) is 7.61. The highest BCUT2D eigenvalue weighted by Crippen LogP contribution is 2.42. The molecule has 0 bridgehead atoms. The monoisotopic (exact) mass is 553 g/mol. The number of likely N-dealkylation sites (N-methyl/N-ethyl adjacent to an activating group) is 1. The van der Waals surface area contributed by atoms with Crippen molar-refractivity contribution in [1.82, 2.24) is 24.6 Å². The fourth-order valence-corrected chi connectivity index (χ4v) is 5.88. The summed E-state index contributed by atoms with van der Waals surface area (Å²) in [4.78, 5) is 23.7. The summed E-state index contributed by atoms with van der Waals surface area (Å²) in [5, 5.41) is 4.48. The molecule has 0 amide bonds. The standard InChI is InChI=1S/C30H31F4N5O/c1-18-6-4-8-24(31)28(18)21-11-9-20(10-12-21)22-15-26(25-14-19(2)35-17-36-25)37-39(29(22)40)16-27-23(30(32,33)34)7-5-13-38(27)3/h4-8,14-15,17,20-21H,9-13,16H2,1-3H3. The number of hydrogen-bond donors (Lipinski definition) is 0. The fraction of sp³-hybridized carbons (Fsp3) is 0.400. The Morgan fingerprint density at radius 3 is 2.40 bits per heavy atom. The molecule has 1 saturated carbocycles. The molecular weight excluding hydrogens is 522 g/mol. The largest absolute Gasteiger partial charge is 0.418 e. The molecule has 1 aromatic carbocycles. The first-order valence-corrected chi connectivity index (χ1v) is 13.4. The topological polar surface area (TPSA) is 63.9 Å². The molecule has 210 valence electrons. The Morgan fingerprint density at radius 2 is 1.73 bits per heavy atom. The third-order valence-corrected chi connectivity index (χ3v) is 7.95. The molecule has 0 radical (unpaired) electrons. The van der Waals surface area contributed by atoms with Gasteiger partial charge in [-0.15, -0.1) is 0 Å². The van der Waals surface area contributed by atoms with Crippen LogP contribution in [0.2, 0.25) is 0 Å². The molecule has 0 saturated heterocycles. The van der Waals surface area contributed by atoms with E-state index in [0.717, 1.165) is 21.9 Å². The molecule has 1 aliphatic heterocycles. The number of aryl methyl sites for hydroxylation is 2. The van der Waals surface area contributed by atoms with Crippen molar-refractivity contribution in [2.45, 2.75) is 64.1 Å². The molecular formula is C30H31F4N5O. The van der Waals surface area contributed by atoms with E-state index in [1.54, 1.807) is 32.2 Å². The number of benzene rings is 1. The van der Waals surface area contributed by atoms with Crippen molar-refractivity contribution < 1.29 is 17.6 Å². The Morgan fingerprint density at radius 1 is 1.00 bits per heavy atom. The second-order valence-electron chi connectivity index (χ2n) is 10.7. The molecule has 1 fully saturated rings. The molecule has 3 heterocycles. The van der Waals surface area contributed by atoms with E-state index in [0.29, 0.717) is 54.9 Å². The minimum atomic E-state index is -4.57. The molecule has 0 N–H and O–H groups in total. The summed E-state index contributed by atoms with van der Waals surface area (Å²) in [5.41, 5.74) is 2.48. The maximum Gasteiger partial charge on any atom is 0.418 e. The van der Waals surface area contributed by atoms with Crippen LogP contribution in [-0.2, 0) is 6.54 Å². The normalized spacial score (nSPS) is 19.8. The lowest BCUT2D eigenvalue weighted by Crippen LogP contribution is -2.35. The van der Waals surface area contributed by atoms with Crippen LogP contribution in [0.1, 0.15) is 59.9 Å². The minimum absolute atomic E-state index is 0.0229. The number of rotatable bonds is 5. The third-order valence-electron chi connectivity index (χ3n) is 7.95. The van der Waals surface area contributed by atoms with Gasteiger partial charge >= 0.3 is 6.18 Å². The van der Waals surface area contributed by atoms with Crippen molar-refractivity contribution in [3.8, 4) is 11.4 Å². The lowest BCUT2D eigenvalue weighted by molar-refractivity contribution is -0.0907. The summed E-state index contributed by atoms with van der Waals surface area (Å²) in [5.74, 6) is -0.296. The number of aromatic nitrogens is 4. The summed E-state index contributed by atoms with van der Waals surface area (Å²) in [6.45, 7) is 3.67. The van der Waals surface area contributed by atoms with Crippen LogP contribution >= 0.6 is 0 Å². The van der Waals surface area contributed by atoms with E-state index >= 15 is 0 Å². The van der Waals surface area contributed by atoms with E-state index in [-0.39, 0.29) is 29.9 Å². The van der Waals surface area contributed by atoms with Gasteiger partial charge in [-0.3, -0.25) is 4.79 Å². The van der Waals surface area contributed by atoms with Crippen molar-refractivity contribution in [2.24, 2.45) is 0 Å². The van der Waals surface area contributed by atoms with Gasteiger partial charge in [-0.25, -0.2) is 19.0 Å². The van der Waals surface area contributed by atoms with Crippen LogP contribution in [0.4, 0.5) is 17.6 Å². The molecule has 40 heavy (non-hydrogen) atoms. The van der Waals surface area contributed by atoms with E-state index in [4.69, 9.17) is 0 Å². The Labute approximate surface area is 230 Å². The van der Waals surface area contributed by atoms with Crippen molar-refractivity contribution in [1.29, 1.82) is 0 Å². The van der Waals surface area contributed by atoms with Crippen molar-refractivity contribution >= 4 is 0 Å². The molecule has 6 nitrogen and oxygen atoms in total. The Bertz CT molecular complexity index is 1510. The lowest BCUT2D eigenvalue weighted by atomic mass is 9.75. The number of nitrogens with zero attached hydrogens (tertiary/aromatic N) is 5. The van der Waals surface area contributed by atoms with Crippen LogP contribution in [0.25, 0.3) is 11.4 Å². The van der Waals surface area contributed by atoms with Crippen molar-refractivity contribution in [3.05, 3.63) is 98.6 Å². The predicted octanol–water partition coefficient (Wildman–Crippen LogP) is 6.22. The molecule has 0 unspecified atom stereocenters. The third kappa shape index (κ3) is 5.57. The second kappa shape index (κ2) is 11.0. The quantitative estimate of drug-likeness (QED) is 0.351. The average molecular weight is 554 g/mol. The van der Waals surface area contributed by atoms with Gasteiger partial charge in [0.05, 0.1) is 17.8 Å². The first-order chi connectivity index (χ1) is 19.0. The van der Waals surface area contributed by atoms with E-state index in [9.17, 15) is 22.4 Å². The fourth-order valence-electron chi connectivity index (χ4n) is 5.88. The summed E-state index contributed by atoms with van der Waals surface area (Å²) in [6, 6.07) is 8.53. The summed E-state index contributed by atoms with van der Waals surface area (Å²) in [6.07, 6.45) is 2.04. The number of alkyl halides is 3. The first kappa shape index (κ1) is 27.7. The maximum absolute atomic E-state index is 14.6. The number of allylic oxidation sites excluding steroid dienone is 3. The van der Waals surface area contributed by atoms with E-state index in [1.165, 1.54) is 23.4 Å². The van der Waals surface area contributed by atoms with Gasteiger partial charge in [-0.1, -0.05) is 24.3 Å². The maximum atomic E-state index is 14.6. The first-order valence-electron chi connectivity index (χ1n) is 13.4. The zero-order chi connectivity index (χ0) is 28.6. The van der Waals surface area contributed by atoms with Gasteiger partial charge in [0.2, 0.25) is 0 Å². The predicted molar refractivity (Wildman–Crippen MR) is 144 cm³/mol. The van der Waals surface area contributed by atoms with Crippen LogP contribution in [-0.4, -0.2) is 44.4 Å². The van der Waals surface area contributed by atoms with Crippen LogP contribution < -0.4 is 5.56 Å².